The molecule has 9 heteroatoms. The number of carbonyl (C=O) groups excluding carboxylic acids is 1. The number of aromatic nitrogens is 2. The zero-order valence-corrected chi connectivity index (χ0v) is 12.2. The molecule has 1 heterocycles. The van der Waals surface area contributed by atoms with Gasteiger partial charge in [0.15, 0.2) is 11.4 Å². The number of methoxy groups -OCH3 is 1. The highest BCUT2D eigenvalue weighted by molar-refractivity contribution is 9.10. The zero-order chi connectivity index (χ0) is 15.4. The SMILES string of the molecule is COC(=O)c1cncc(Oc2cc([N+](=O)[O-])ccc2Br)n1. The fraction of sp³-hybridized carbons (Fsp3) is 0.0833. The number of non-ortho nitro benzene ring substituents is 1. The van der Waals surface area contributed by atoms with Crippen LogP contribution in [0.3, 0.4) is 0 Å². The van der Waals surface area contributed by atoms with Gasteiger partial charge in [0.25, 0.3) is 5.69 Å². The minimum Gasteiger partial charge on any atom is -0.464 e. The lowest BCUT2D eigenvalue weighted by Gasteiger charge is -2.07. The average molecular weight is 354 g/mol. The Morgan fingerprint density at radius 1 is 1.38 bits per heavy atom. The molecular formula is C12H8BrN3O5. The van der Waals surface area contributed by atoms with Gasteiger partial charge >= 0.3 is 5.97 Å². The third-order valence-corrected chi connectivity index (χ3v) is 3.00. The number of halogens is 1. The van der Waals surface area contributed by atoms with Crippen LogP contribution in [0, 0.1) is 10.1 Å². The summed E-state index contributed by atoms with van der Waals surface area (Å²) < 4.78 is 10.4. The molecule has 0 aliphatic rings. The number of rotatable bonds is 4. The van der Waals surface area contributed by atoms with E-state index in [1.54, 1.807) is 0 Å². The van der Waals surface area contributed by atoms with E-state index in [9.17, 15) is 14.9 Å². The van der Waals surface area contributed by atoms with Gasteiger partial charge in [0.05, 0.1) is 35.0 Å². The van der Waals surface area contributed by atoms with Crippen molar-refractivity contribution in [3.05, 3.63) is 50.9 Å². The molecule has 0 fully saturated rings. The highest BCUT2D eigenvalue weighted by atomic mass is 79.9. The van der Waals surface area contributed by atoms with Crippen LogP contribution in [0.4, 0.5) is 5.69 Å². The second-order valence-corrected chi connectivity index (χ2v) is 4.56. The summed E-state index contributed by atoms with van der Waals surface area (Å²) in [4.78, 5) is 29.3. The van der Waals surface area contributed by atoms with Gasteiger partial charge in [-0.05, 0) is 22.0 Å². The van der Waals surface area contributed by atoms with Gasteiger partial charge in [0.2, 0.25) is 5.88 Å². The number of carbonyl (C=O) groups is 1. The summed E-state index contributed by atoms with van der Waals surface area (Å²) in [6.07, 6.45) is 2.50. The Hall–Kier alpha value is -2.55. The van der Waals surface area contributed by atoms with Crippen molar-refractivity contribution < 1.29 is 19.2 Å². The highest BCUT2D eigenvalue weighted by Gasteiger charge is 2.14. The van der Waals surface area contributed by atoms with Crippen LogP contribution >= 0.6 is 15.9 Å². The molecule has 0 amide bonds. The van der Waals surface area contributed by atoms with E-state index < -0.39 is 10.9 Å². The molecule has 108 valence electrons. The normalized spacial score (nSPS) is 10.0. The molecule has 0 spiro atoms. The van der Waals surface area contributed by atoms with Crippen molar-refractivity contribution in [2.75, 3.05) is 7.11 Å². The molecule has 1 aromatic carbocycles. The van der Waals surface area contributed by atoms with Gasteiger partial charge in [-0.2, -0.15) is 0 Å². The number of hydrogen-bond acceptors (Lipinski definition) is 7. The number of nitro groups is 1. The summed E-state index contributed by atoms with van der Waals surface area (Å²) in [5, 5.41) is 10.7. The first kappa shape index (κ1) is 14.9. The molecule has 0 saturated heterocycles. The summed E-state index contributed by atoms with van der Waals surface area (Å²) in [5.74, 6) is -0.467. The number of benzene rings is 1. The van der Waals surface area contributed by atoms with Crippen molar-refractivity contribution in [1.82, 2.24) is 9.97 Å². The second kappa shape index (κ2) is 6.27. The maximum Gasteiger partial charge on any atom is 0.358 e. The van der Waals surface area contributed by atoms with Crippen molar-refractivity contribution in [3.8, 4) is 11.6 Å². The second-order valence-electron chi connectivity index (χ2n) is 3.71. The molecule has 0 N–H and O–H groups in total. The van der Waals surface area contributed by atoms with Crippen LogP contribution in [0.1, 0.15) is 10.5 Å². The molecule has 21 heavy (non-hydrogen) atoms. The van der Waals surface area contributed by atoms with Crippen LogP contribution in [0.15, 0.2) is 35.1 Å². The van der Waals surface area contributed by atoms with Gasteiger partial charge in [-0.15, -0.1) is 0 Å². The van der Waals surface area contributed by atoms with E-state index in [0.29, 0.717) is 4.47 Å². The Labute approximate surface area is 127 Å². The van der Waals surface area contributed by atoms with Gasteiger partial charge in [0, 0.05) is 6.07 Å². The van der Waals surface area contributed by atoms with E-state index in [2.05, 4.69) is 30.6 Å². The molecule has 8 nitrogen and oxygen atoms in total. The minimum absolute atomic E-state index is 0.0131. The highest BCUT2D eigenvalue weighted by Crippen LogP contribution is 2.32. The topological polar surface area (TPSA) is 104 Å². The fourth-order valence-electron chi connectivity index (χ4n) is 1.40. The molecule has 0 bridgehead atoms. The third-order valence-electron chi connectivity index (χ3n) is 2.35. The third kappa shape index (κ3) is 3.51. The zero-order valence-electron chi connectivity index (χ0n) is 10.6. The number of hydrogen-bond donors (Lipinski definition) is 0. The number of nitro benzene ring substituents is 1. The van der Waals surface area contributed by atoms with E-state index in [-0.39, 0.29) is 23.0 Å². The lowest BCUT2D eigenvalue weighted by molar-refractivity contribution is -0.384. The minimum atomic E-state index is -0.661. The molecule has 0 aliphatic heterocycles. The van der Waals surface area contributed by atoms with Crippen molar-refractivity contribution in [3.63, 3.8) is 0 Å². The molecule has 0 atom stereocenters. The van der Waals surface area contributed by atoms with Crippen LogP contribution in [0.5, 0.6) is 11.6 Å². The molecule has 2 rings (SSSR count). The predicted molar refractivity (Wildman–Crippen MR) is 74.2 cm³/mol. The fourth-order valence-corrected chi connectivity index (χ4v) is 1.72. The Bertz CT molecular complexity index is 707. The van der Waals surface area contributed by atoms with E-state index >= 15 is 0 Å². The van der Waals surface area contributed by atoms with Gasteiger partial charge in [-0.3, -0.25) is 15.1 Å². The first-order chi connectivity index (χ1) is 10.0. The van der Waals surface area contributed by atoms with E-state index in [1.807, 2.05) is 0 Å². The quantitative estimate of drug-likeness (QED) is 0.472. The van der Waals surface area contributed by atoms with E-state index in [4.69, 9.17) is 4.74 Å². The van der Waals surface area contributed by atoms with Crippen molar-refractivity contribution in [2.24, 2.45) is 0 Å². The molecule has 0 saturated carbocycles. The maximum atomic E-state index is 11.3. The smallest absolute Gasteiger partial charge is 0.358 e. The Kier molecular flexibility index (Phi) is 4.43. The molecule has 2 aromatic rings. The lowest BCUT2D eigenvalue weighted by atomic mass is 10.3. The van der Waals surface area contributed by atoms with Gasteiger partial charge < -0.3 is 9.47 Å². The van der Waals surface area contributed by atoms with E-state index in [0.717, 1.165) is 0 Å². The van der Waals surface area contributed by atoms with Crippen LogP contribution < -0.4 is 4.74 Å². The van der Waals surface area contributed by atoms with Crippen LogP contribution in [0.25, 0.3) is 0 Å². The number of ether oxygens (including phenoxy) is 2. The monoisotopic (exact) mass is 353 g/mol. The van der Waals surface area contributed by atoms with Crippen molar-refractivity contribution in [2.45, 2.75) is 0 Å². The molecule has 0 aliphatic carbocycles. The average Bonchev–Trinajstić information content (AvgIpc) is 2.48. The predicted octanol–water partition coefficient (Wildman–Crippen LogP) is 2.73. The molecule has 0 unspecified atom stereocenters. The Balaban J connectivity index is 2.32. The Morgan fingerprint density at radius 2 is 2.14 bits per heavy atom. The number of esters is 1. The maximum absolute atomic E-state index is 11.3. The molecule has 1 aromatic heterocycles. The summed E-state index contributed by atoms with van der Waals surface area (Å²) in [5.41, 5.74) is -0.165. The summed E-state index contributed by atoms with van der Waals surface area (Å²) in [6, 6.07) is 4.04. The van der Waals surface area contributed by atoms with Gasteiger partial charge in [0.1, 0.15) is 0 Å². The summed E-state index contributed by atoms with van der Waals surface area (Å²) in [6.45, 7) is 0. The summed E-state index contributed by atoms with van der Waals surface area (Å²) >= 11 is 3.21. The molecule has 0 radical (unpaired) electrons. The van der Waals surface area contributed by atoms with Crippen LogP contribution in [-0.2, 0) is 4.74 Å². The largest absolute Gasteiger partial charge is 0.464 e. The van der Waals surface area contributed by atoms with Gasteiger partial charge in [-0.25, -0.2) is 9.78 Å². The van der Waals surface area contributed by atoms with Gasteiger partial charge in [-0.1, -0.05) is 0 Å². The van der Waals surface area contributed by atoms with E-state index in [1.165, 1.54) is 37.7 Å². The lowest BCUT2D eigenvalue weighted by Crippen LogP contribution is -2.05. The standard InChI is InChI=1S/C12H8BrN3O5/c1-20-12(17)9-5-14-6-11(15-9)21-10-4-7(16(18)19)2-3-8(10)13/h2-6H,1H3. The van der Waals surface area contributed by atoms with Crippen molar-refractivity contribution in [1.29, 1.82) is 0 Å². The first-order valence-corrected chi connectivity index (χ1v) is 6.32. The molecular weight excluding hydrogens is 346 g/mol. The number of nitrogens with zero attached hydrogens (tertiary/aromatic N) is 3. The summed E-state index contributed by atoms with van der Waals surface area (Å²) in [7, 11) is 1.22. The first-order valence-electron chi connectivity index (χ1n) is 5.53. The van der Waals surface area contributed by atoms with Crippen LogP contribution in [0.2, 0.25) is 0 Å². The van der Waals surface area contributed by atoms with Crippen LogP contribution in [-0.4, -0.2) is 28.0 Å². The van der Waals surface area contributed by atoms with Crippen molar-refractivity contribution >= 4 is 27.6 Å². The Morgan fingerprint density at radius 3 is 2.81 bits per heavy atom.